The maximum atomic E-state index is 11.8. The van der Waals surface area contributed by atoms with Gasteiger partial charge in [0.2, 0.25) is 11.8 Å². The number of aliphatic hydroxyl groups excluding tert-OH is 3. The van der Waals surface area contributed by atoms with Crippen LogP contribution in [0.1, 0.15) is 6.42 Å². The van der Waals surface area contributed by atoms with Crippen LogP contribution < -0.4 is 5.32 Å². The molecule has 1 unspecified atom stereocenters. The highest BCUT2D eigenvalue weighted by atomic mass is 16.3. The van der Waals surface area contributed by atoms with Gasteiger partial charge in [0.15, 0.2) is 0 Å². The summed E-state index contributed by atoms with van der Waals surface area (Å²) < 4.78 is 0. The van der Waals surface area contributed by atoms with Crippen LogP contribution in [-0.2, 0) is 9.59 Å². The van der Waals surface area contributed by atoms with E-state index in [1.54, 1.807) is 7.05 Å². The molecule has 1 heterocycles. The van der Waals surface area contributed by atoms with Crippen LogP contribution in [0.3, 0.4) is 0 Å². The Bertz CT molecular complexity index is 295. The van der Waals surface area contributed by atoms with E-state index in [1.807, 2.05) is 0 Å². The van der Waals surface area contributed by atoms with Crippen molar-refractivity contribution in [3.05, 3.63) is 0 Å². The minimum Gasteiger partial charge on any atom is -0.394 e. The molecule has 7 heteroatoms. The van der Waals surface area contributed by atoms with Crippen molar-refractivity contribution in [1.82, 2.24) is 10.2 Å². The highest BCUT2D eigenvalue weighted by Gasteiger charge is 2.37. The predicted molar refractivity (Wildman–Crippen MR) is 57.9 cm³/mol. The minimum absolute atomic E-state index is 0.112. The van der Waals surface area contributed by atoms with Gasteiger partial charge in [-0.3, -0.25) is 9.59 Å². The molecule has 0 aromatic rings. The number of likely N-dealkylation sites (tertiary alicyclic amines) is 1. The van der Waals surface area contributed by atoms with Crippen LogP contribution in [0.5, 0.6) is 0 Å². The molecule has 1 aliphatic rings. The van der Waals surface area contributed by atoms with Crippen molar-refractivity contribution in [2.75, 3.05) is 33.4 Å². The van der Waals surface area contributed by atoms with Crippen LogP contribution in [0, 0.1) is 5.92 Å². The third-order valence-corrected chi connectivity index (χ3v) is 3.01. The Balaban J connectivity index is 2.63. The van der Waals surface area contributed by atoms with Crippen molar-refractivity contribution < 1.29 is 24.9 Å². The van der Waals surface area contributed by atoms with Crippen molar-refractivity contribution in [1.29, 1.82) is 0 Å². The van der Waals surface area contributed by atoms with Crippen molar-refractivity contribution in [3.8, 4) is 0 Å². The molecule has 4 N–H and O–H groups in total. The lowest BCUT2D eigenvalue weighted by molar-refractivity contribution is -0.130. The number of nitrogens with one attached hydrogen (secondary N) is 1. The van der Waals surface area contributed by atoms with Gasteiger partial charge in [-0.05, 0) is 0 Å². The summed E-state index contributed by atoms with van der Waals surface area (Å²) >= 11 is 0. The molecular weight excluding hydrogens is 228 g/mol. The highest BCUT2D eigenvalue weighted by molar-refractivity contribution is 5.89. The summed E-state index contributed by atoms with van der Waals surface area (Å²) in [5.74, 6) is -1.07. The number of rotatable bonds is 5. The quantitative estimate of drug-likeness (QED) is 0.422. The summed E-state index contributed by atoms with van der Waals surface area (Å²) in [5, 5.41) is 29.6. The number of hydrogen-bond donors (Lipinski definition) is 4. The second kappa shape index (κ2) is 5.44. The number of hydrogen-bond acceptors (Lipinski definition) is 5. The maximum Gasteiger partial charge on any atom is 0.226 e. The monoisotopic (exact) mass is 246 g/mol. The molecule has 98 valence electrons. The molecule has 1 fully saturated rings. The van der Waals surface area contributed by atoms with Crippen molar-refractivity contribution in [3.63, 3.8) is 0 Å². The molecule has 0 aromatic carbocycles. The largest absolute Gasteiger partial charge is 0.394 e. The lowest BCUT2D eigenvalue weighted by atomic mass is 10.0. The van der Waals surface area contributed by atoms with Gasteiger partial charge in [-0.25, -0.2) is 0 Å². The van der Waals surface area contributed by atoms with E-state index in [1.165, 1.54) is 4.90 Å². The maximum absolute atomic E-state index is 11.8. The third-order valence-electron chi connectivity index (χ3n) is 3.01. The van der Waals surface area contributed by atoms with Crippen molar-refractivity contribution >= 4 is 11.8 Å². The number of carbonyl (C=O) groups is 2. The Morgan fingerprint density at radius 2 is 1.94 bits per heavy atom. The zero-order chi connectivity index (χ0) is 13.1. The van der Waals surface area contributed by atoms with Gasteiger partial charge in [0.1, 0.15) is 5.54 Å². The van der Waals surface area contributed by atoms with Crippen LogP contribution in [0.4, 0.5) is 0 Å². The smallest absolute Gasteiger partial charge is 0.226 e. The molecule has 1 rings (SSSR count). The summed E-state index contributed by atoms with van der Waals surface area (Å²) in [6, 6.07) is 0. The van der Waals surface area contributed by atoms with E-state index in [9.17, 15) is 9.59 Å². The molecule has 0 bridgehead atoms. The first-order chi connectivity index (χ1) is 7.98. The lowest BCUT2D eigenvalue weighted by Gasteiger charge is -2.29. The first kappa shape index (κ1) is 13.9. The van der Waals surface area contributed by atoms with Crippen LogP contribution in [0.2, 0.25) is 0 Å². The van der Waals surface area contributed by atoms with Gasteiger partial charge >= 0.3 is 0 Å². The van der Waals surface area contributed by atoms with Crippen LogP contribution in [0.15, 0.2) is 0 Å². The Hall–Kier alpha value is -1.18. The van der Waals surface area contributed by atoms with Crippen LogP contribution >= 0.6 is 0 Å². The Kier molecular flexibility index (Phi) is 4.44. The molecule has 7 nitrogen and oxygen atoms in total. The van der Waals surface area contributed by atoms with Crippen LogP contribution in [0.25, 0.3) is 0 Å². The average molecular weight is 246 g/mol. The van der Waals surface area contributed by atoms with E-state index >= 15 is 0 Å². The topological polar surface area (TPSA) is 110 Å². The molecule has 1 atom stereocenters. The lowest BCUT2D eigenvalue weighted by Crippen LogP contribution is -2.58. The molecule has 0 spiro atoms. The fourth-order valence-electron chi connectivity index (χ4n) is 1.67. The zero-order valence-electron chi connectivity index (χ0n) is 9.72. The van der Waals surface area contributed by atoms with E-state index in [-0.39, 0.29) is 12.3 Å². The second-order valence-electron chi connectivity index (χ2n) is 4.42. The van der Waals surface area contributed by atoms with E-state index < -0.39 is 37.2 Å². The molecule has 1 saturated heterocycles. The summed E-state index contributed by atoms with van der Waals surface area (Å²) in [7, 11) is 1.60. The molecule has 0 aliphatic carbocycles. The van der Waals surface area contributed by atoms with Gasteiger partial charge in [-0.15, -0.1) is 0 Å². The van der Waals surface area contributed by atoms with E-state index in [0.717, 1.165) is 0 Å². The number of aliphatic hydroxyl groups is 3. The van der Waals surface area contributed by atoms with Gasteiger partial charge in [-0.1, -0.05) is 0 Å². The van der Waals surface area contributed by atoms with Crippen molar-refractivity contribution in [2.24, 2.45) is 5.92 Å². The summed E-state index contributed by atoms with van der Waals surface area (Å²) in [6.45, 7) is -1.39. The van der Waals surface area contributed by atoms with Gasteiger partial charge in [0, 0.05) is 20.0 Å². The number of amides is 2. The Morgan fingerprint density at radius 3 is 2.29 bits per heavy atom. The Morgan fingerprint density at radius 1 is 1.41 bits per heavy atom. The second-order valence-corrected chi connectivity index (χ2v) is 4.42. The molecule has 0 radical (unpaired) electrons. The third kappa shape index (κ3) is 2.93. The first-order valence-corrected chi connectivity index (χ1v) is 5.36. The van der Waals surface area contributed by atoms with Crippen molar-refractivity contribution in [2.45, 2.75) is 12.0 Å². The van der Waals surface area contributed by atoms with E-state index in [0.29, 0.717) is 6.54 Å². The zero-order valence-corrected chi connectivity index (χ0v) is 9.72. The Labute approximate surface area is 99.0 Å². The SMILES string of the molecule is CN1CC(C(=O)NC(CO)(CO)CO)CC1=O. The van der Waals surface area contributed by atoms with Gasteiger partial charge in [0.05, 0.1) is 25.7 Å². The van der Waals surface area contributed by atoms with Gasteiger partial charge in [-0.2, -0.15) is 0 Å². The highest BCUT2D eigenvalue weighted by Crippen LogP contribution is 2.17. The van der Waals surface area contributed by atoms with E-state index in [2.05, 4.69) is 5.32 Å². The minimum atomic E-state index is -1.43. The summed E-state index contributed by atoms with van der Waals surface area (Å²) in [5.41, 5.74) is -1.43. The molecule has 2 amide bonds. The average Bonchev–Trinajstić information content (AvgIpc) is 2.67. The predicted octanol–water partition coefficient (Wildman–Crippen LogP) is -2.70. The van der Waals surface area contributed by atoms with E-state index in [4.69, 9.17) is 15.3 Å². The molecule has 1 aliphatic heterocycles. The van der Waals surface area contributed by atoms with Crippen LogP contribution in [-0.4, -0.2) is 71.0 Å². The molecule has 0 aromatic heterocycles. The fraction of sp³-hybridized carbons (Fsp3) is 0.800. The molecular formula is C10H18N2O5. The number of nitrogens with zero attached hydrogens (tertiary/aromatic N) is 1. The van der Waals surface area contributed by atoms with Gasteiger partial charge < -0.3 is 25.5 Å². The standard InChI is InChI=1S/C10H18N2O5/c1-12-3-7(2-8(12)16)9(17)11-10(4-13,5-14)6-15/h7,13-15H,2-6H2,1H3,(H,11,17). The summed E-state index contributed by atoms with van der Waals surface area (Å²) in [6.07, 6.45) is 0.112. The summed E-state index contributed by atoms with van der Waals surface area (Å²) in [4.78, 5) is 24.5. The first-order valence-electron chi connectivity index (χ1n) is 5.36. The fourth-order valence-corrected chi connectivity index (χ4v) is 1.67. The van der Waals surface area contributed by atoms with Gasteiger partial charge in [0.25, 0.3) is 0 Å². The number of carbonyl (C=O) groups excluding carboxylic acids is 2. The molecule has 17 heavy (non-hydrogen) atoms. The normalized spacial score (nSPS) is 20.8. The molecule has 0 saturated carbocycles.